The number of unbranched alkanes of at least 4 members (excludes halogenated alkanes) is 3. The van der Waals surface area contributed by atoms with Crippen LogP contribution >= 0.6 is 0 Å². The van der Waals surface area contributed by atoms with Gasteiger partial charge in [0.1, 0.15) is 41.4 Å². The van der Waals surface area contributed by atoms with Crippen LogP contribution in [0.15, 0.2) is 39.4 Å². The first-order valence-corrected chi connectivity index (χ1v) is 37.0. The highest BCUT2D eigenvalue weighted by Crippen LogP contribution is 2.42. The van der Waals surface area contributed by atoms with Gasteiger partial charge in [-0.3, -0.25) is 34.2 Å². The van der Waals surface area contributed by atoms with Gasteiger partial charge in [0, 0.05) is 130 Å². The number of anilines is 2. The minimum absolute atomic E-state index is 0.0674. The molecule has 6 heterocycles. The Kier molecular flexibility index (Phi) is 33.8. The summed E-state index contributed by atoms with van der Waals surface area (Å²) in [6.45, 7) is 41.0. The summed E-state index contributed by atoms with van der Waals surface area (Å²) >= 11 is 0. The number of nitrogen functional groups attached to an aromatic ring is 1. The van der Waals surface area contributed by atoms with E-state index < -0.39 is 12.3 Å². The number of rotatable bonds is 26. The number of aromatic amines is 1. The predicted molar refractivity (Wildman–Crippen MR) is 385 cm³/mol. The van der Waals surface area contributed by atoms with E-state index in [0.29, 0.717) is 124 Å². The number of hydrogen-bond acceptors (Lipinski definition) is 13. The normalized spacial score (nSPS) is 25.6. The summed E-state index contributed by atoms with van der Waals surface area (Å²) in [5, 5.41) is 3.68. The predicted octanol–water partition coefficient (Wildman–Crippen LogP) is 14.8. The number of aryl methyl sites for hydroxylation is 1. The number of piperazine rings is 2. The van der Waals surface area contributed by atoms with Gasteiger partial charge in [0.2, 0.25) is 0 Å². The lowest BCUT2D eigenvalue weighted by atomic mass is 9.80. The Morgan fingerprint density at radius 1 is 0.806 bits per heavy atom. The maximum atomic E-state index is 13.8. The Bertz CT molecular complexity index is 2760. The van der Waals surface area contributed by atoms with Crippen LogP contribution in [-0.4, -0.2) is 162 Å². The lowest BCUT2D eigenvalue weighted by molar-refractivity contribution is -0.121. The molecule has 16 heteroatoms. The second kappa shape index (κ2) is 39.7. The SMILES string of the molecule is C/C=C(/CN1CCN(C[C@H]2CN[C@H](C)CN2CC(=C=O)N2CC(C)(C)c3[nH]c(=O)c(CC4CCC(F)CC4)cc32)[C@H](C)C1)N=CCCC(C)=O.CCC.CCCC.CCCCC[C@H]1CC[C@H](C)CN1CC(=O)CCC(C)(C)c1nc(N)c(CC2CCC(F)CC2)cc1C. The van der Waals surface area contributed by atoms with Gasteiger partial charge in [-0.25, -0.2) is 18.6 Å². The van der Waals surface area contributed by atoms with Crippen molar-refractivity contribution >= 4 is 35.2 Å². The first-order chi connectivity index (χ1) is 44.3. The Hall–Kier alpha value is -4.44. The number of likely N-dealkylation sites (tertiary alicyclic amines) is 1. The third-order valence-electron chi connectivity index (χ3n) is 20.7. The topological polar surface area (TPSA) is 164 Å². The summed E-state index contributed by atoms with van der Waals surface area (Å²) in [6, 6.07) is 5.66. The largest absolute Gasteiger partial charge is 0.383 e. The van der Waals surface area contributed by atoms with Crippen molar-refractivity contribution in [3.63, 3.8) is 0 Å². The van der Waals surface area contributed by atoms with Crippen LogP contribution in [0.3, 0.4) is 0 Å². The molecule has 4 N–H and O–H groups in total. The lowest BCUT2D eigenvalue weighted by Gasteiger charge is -2.46. The molecule has 0 unspecified atom stereocenters. The molecule has 93 heavy (non-hydrogen) atoms. The first kappa shape index (κ1) is 79.3. The quantitative estimate of drug-likeness (QED) is 0.0465. The number of halogens is 2. The van der Waals surface area contributed by atoms with Crippen LogP contribution in [0.5, 0.6) is 0 Å². The summed E-state index contributed by atoms with van der Waals surface area (Å²) < 4.78 is 27.3. The molecule has 14 nitrogen and oxygen atoms in total. The first-order valence-electron chi connectivity index (χ1n) is 37.0. The molecule has 3 saturated heterocycles. The number of piperidine rings is 1. The smallest absolute Gasteiger partial charge is 0.251 e. The van der Waals surface area contributed by atoms with Gasteiger partial charge in [0.05, 0.1) is 24.5 Å². The Morgan fingerprint density at radius 2 is 1.44 bits per heavy atom. The van der Waals surface area contributed by atoms with Gasteiger partial charge in [0.15, 0.2) is 0 Å². The fourth-order valence-electron chi connectivity index (χ4n) is 14.8. The number of aliphatic imine (C=N–C) groups is 1. The van der Waals surface area contributed by atoms with E-state index in [1.54, 1.807) is 6.92 Å². The molecular weight excluding hydrogens is 1170 g/mol. The van der Waals surface area contributed by atoms with E-state index >= 15 is 0 Å². The molecule has 2 aromatic heterocycles. The van der Waals surface area contributed by atoms with Crippen LogP contribution in [0.4, 0.5) is 20.3 Å². The molecule has 8 rings (SSSR count). The minimum Gasteiger partial charge on any atom is -0.383 e. The van der Waals surface area contributed by atoms with Gasteiger partial charge in [-0.1, -0.05) is 120 Å². The number of allylic oxidation sites excluding steroid dienone is 1. The lowest BCUT2D eigenvalue weighted by Crippen LogP contribution is -2.62. The molecule has 2 aromatic rings. The molecule has 5 atom stereocenters. The van der Waals surface area contributed by atoms with Gasteiger partial charge >= 0.3 is 0 Å². The summed E-state index contributed by atoms with van der Waals surface area (Å²) in [4.78, 5) is 75.1. The van der Waals surface area contributed by atoms with Crippen LogP contribution in [-0.2, 0) is 38.1 Å². The minimum atomic E-state index is -0.724. The van der Waals surface area contributed by atoms with Crippen molar-refractivity contribution in [2.75, 3.05) is 82.6 Å². The summed E-state index contributed by atoms with van der Waals surface area (Å²) in [5.41, 5.74) is 13.2. The number of Topliss-reactive ketones (excluding diaryl/α,β-unsaturated/α-hetero) is 2. The van der Waals surface area contributed by atoms with Crippen molar-refractivity contribution in [1.29, 1.82) is 0 Å². The van der Waals surface area contributed by atoms with Gasteiger partial charge < -0.3 is 25.7 Å². The van der Waals surface area contributed by atoms with Crippen molar-refractivity contribution in [3.8, 4) is 0 Å². The van der Waals surface area contributed by atoms with Crippen molar-refractivity contribution in [2.24, 2.45) is 22.7 Å². The Balaban J connectivity index is 0.000000320. The third-order valence-corrected chi connectivity index (χ3v) is 20.7. The molecule has 526 valence electrons. The number of alkyl halides is 2. The molecule has 6 aliphatic rings. The van der Waals surface area contributed by atoms with E-state index in [0.717, 1.165) is 130 Å². The number of pyridine rings is 2. The Labute approximate surface area is 563 Å². The van der Waals surface area contributed by atoms with E-state index in [1.165, 1.54) is 57.8 Å². The fraction of sp³-hybridized carbons (Fsp3) is 0.779. The molecule has 0 radical (unpaired) electrons. The number of fused-ring (bicyclic) bond motifs is 1. The molecule has 2 saturated carbocycles. The summed E-state index contributed by atoms with van der Waals surface area (Å²) in [7, 11) is 0. The van der Waals surface area contributed by atoms with E-state index in [-0.39, 0.29) is 28.2 Å². The number of H-pyrrole nitrogens is 1. The van der Waals surface area contributed by atoms with Crippen LogP contribution in [0.1, 0.15) is 260 Å². The summed E-state index contributed by atoms with van der Waals surface area (Å²) in [6.07, 6.45) is 24.0. The highest BCUT2D eigenvalue weighted by molar-refractivity contribution is 5.80. The zero-order chi connectivity index (χ0) is 68.4. The van der Waals surface area contributed by atoms with Crippen molar-refractivity contribution < 1.29 is 23.2 Å². The Morgan fingerprint density at radius 3 is 2.03 bits per heavy atom. The maximum absolute atomic E-state index is 13.8. The highest BCUT2D eigenvalue weighted by Gasteiger charge is 2.41. The molecule has 4 aliphatic heterocycles. The number of ketones is 2. The second-order valence-corrected chi connectivity index (χ2v) is 30.4. The average Bonchev–Trinajstić information content (AvgIpc) is 1.62. The van der Waals surface area contributed by atoms with E-state index in [4.69, 9.17) is 10.7 Å². The maximum Gasteiger partial charge on any atom is 0.251 e. The van der Waals surface area contributed by atoms with Crippen molar-refractivity contribution in [3.05, 3.63) is 68.0 Å². The summed E-state index contributed by atoms with van der Waals surface area (Å²) in [5.74, 6) is 4.96. The van der Waals surface area contributed by atoms with Crippen LogP contribution in [0.25, 0.3) is 0 Å². The number of nitrogens with one attached hydrogen (secondary N) is 2. The van der Waals surface area contributed by atoms with Crippen LogP contribution < -0.4 is 21.5 Å². The second-order valence-electron chi connectivity index (χ2n) is 30.4. The molecule has 0 amide bonds. The fourth-order valence-corrected chi connectivity index (χ4v) is 14.8. The van der Waals surface area contributed by atoms with Gasteiger partial charge in [-0.15, -0.1) is 0 Å². The molecule has 5 fully saturated rings. The number of aromatic nitrogens is 2. The van der Waals surface area contributed by atoms with Crippen molar-refractivity contribution in [1.82, 2.24) is 34.9 Å². The molecule has 0 bridgehead atoms. The number of carbonyl (C=O) groups is 2. The molecule has 0 spiro atoms. The molecule has 2 aliphatic carbocycles. The number of hydrogen-bond donors (Lipinski definition) is 3. The number of carbonyl (C=O) groups excluding carboxylic acids is 3. The highest BCUT2D eigenvalue weighted by atomic mass is 19.1. The van der Waals surface area contributed by atoms with Crippen LogP contribution in [0, 0.1) is 24.7 Å². The van der Waals surface area contributed by atoms with Gasteiger partial charge in [-0.05, 0) is 166 Å². The average molecular weight is 1300 g/mol. The van der Waals surface area contributed by atoms with Gasteiger partial charge in [-0.2, -0.15) is 0 Å². The van der Waals surface area contributed by atoms with E-state index in [2.05, 4.69) is 148 Å². The molecule has 0 aromatic carbocycles. The zero-order valence-corrected chi connectivity index (χ0v) is 61.1. The molecular formula is C77H130F2N10O4. The van der Waals surface area contributed by atoms with Crippen LogP contribution in [0.2, 0.25) is 0 Å². The standard InChI is InChI=1S/C39H60FN7O3.C31H52FN3O.C4H10.C3H8/c1-7-33(41-14-8-9-29(4)49)22-44-15-16-45(28(3)21-44)23-34-19-42-27(2)20-46(34)24-35(25-48)47-26-39(5,6)37-36(47)18-31(38(50)43-37)17-30-10-12-32(40)13-11-30;1-6-7-8-9-27-15-10-22(2)20-35(27)21-28(36)16-17-31(4,5)29-23(3)18-25(30(33)34-29)19-24-11-13-26(32)14-12-24;1-3-4-2;1-3-2/h7,14,18,27-28,30,32,34,42H,8-13,15-17,19-24,26H2,1-6H3,(H,43,50);18,22,24,26-27H,6-17,19-21H2,1-5H3,(H2,33,34);3-4H2,1-2H3;3H2,1-2H3/b33-7-,41-14?;;;/t27-,28-,30?,32?,34-;22-,24?,26?,27-;;/m10../s1. The van der Waals surface area contributed by atoms with Crippen molar-refractivity contribution in [2.45, 2.75) is 299 Å². The van der Waals surface area contributed by atoms with Gasteiger partial charge in [0.25, 0.3) is 5.56 Å². The zero-order valence-electron chi connectivity index (χ0n) is 61.1. The monoisotopic (exact) mass is 1300 g/mol. The number of nitrogens with two attached hydrogens (primary N) is 1. The number of nitrogens with zero attached hydrogens (tertiary/aromatic N) is 7. The van der Waals surface area contributed by atoms with E-state index in [1.807, 2.05) is 19.2 Å². The van der Waals surface area contributed by atoms with E-state index in [9.17, 15) is 28.0 Å². The third kappa shape index (κ3) is 25.5.